The minimum atomic E-state index is -0.651. The second-order valence-corrected chi connectivity index (χ2v) is 3.08. The van der Waals surface area contributed by atoms with Gasteiger partial charge in [0.2, 0.25) is 0 Å². The molecule has 0 radical (unpaired) electrons. The normalized spacial score (nSPS) is 12.2. The Labute approximate surface area is 88.2 Å². The van der Waals surface area contributed by atoms with E-state index in [4.69, 9.17) is 21.1 Å². The van der Waals surface area contributed by atoms with Crippen LogP contribution in [-0.2, 0) is 0 Å². The number of benzene rings is 1. The molecule has 0 heterocycles. The molecule has 1 N–H and O–H groups in total. The summed E-state index contributed by atoms with van der Waals surface area (Å²) in [5.41, 5.74) is 0. The summed E-state index contributed by atoms with van der Waals surface area (Å²) in [6.45, 7) is 0.171. The summed E-state index contributed by atoms with van der Waals surface area (Å²) >= 11 is 5.43. The molecule has 14 heavy (non-hydrogen) atoms. The van der Waals surface area contributed by atoms with Crippen LogP contribution in [0.15, 0.2) is 24.3 Å². The number of aliphatic hydroxyl groups excluding tert-OH is 1. The first-order valence-electron chi connectivity index (χ1n) is 4.27. The molecule has 0 aliphatic carbocycles. The predicted molar refractivity (Wildman–Crippen MR) is 55.2 cm³/mol. The number of halogens is 1. The lowest BCUT2D eigenvalue weighted by molar-refractivity contribution is 0.123. The first kappa shape index (κ1) is 11.1. The zero-order valence-corrected chi connectivity index (χ0v) is 8.70. The Hall–Kier alpha value is -0.930. The van der Waals surface area contributed by atoms with Crippen molar-refractivity contribution < 1.29 is 14.6 Å². The molecule has 4 heteroatoms. The molecule has 0 aromatic heterocycles. The molecular weight excluding hydrogens is 204 g/mol. The van der Waals surface area contributed by atoms with Crippen LogP contribution in [0, 0.1) is 0 Å². The van der Waals surface area contributed by atoms with Gasteiger partial charge in [-0.3, -0.25) is 0 Å². The molecule has 1 aromatic rings. The van der Waals surface area contributed by atoms with Crippen LogP contribution < -0.4 is 9.47 Å². The standard InChI is InChI=1S/C10H13ClO3/c1-13-9-4-2-3-5-10(9)14-7-8(12)6-11/h2-5,8,12H,6-7H2,1H3/t8-/m1/s1. The van der Waals surface area contributed by atoms with E-state index < -0.39 is 6.10 Å². The molecule has 0 saturated heterocycles. The van der Waals surface area contributed by atoms with Gasteiger partial charge in [0, 0.05) is 0 Å². The Bertz CT molecular complexity index is 278. The number of alkyl halides is 1. The second-order valence-electron chi connectivity index (χ2n) is 2.77. The summed E-state index contributed by atoms with van der Waals surface area (Å²) in [7, 11) is 1.57. The van der Waals surface area contributed by atoms with Crippen molar-refractivity contribution in [3.8, 4) is 11.5 Å². The lowest BCUT2D eigenvalue weighted by Gasteiger charge is -2.12. The van der Waals surface area contributed by atoms with Gasteiger partial charge >= 0.3 is 0 Å². The van der Waals surface area contributed by atoms with Crippen LogP contribution in [0.5, 0.6) is 11.5 Å². The van der Waals surface area contributed by atoms with Crippen LogP contribution in [-0.4, -0.2) is 30.8 Å². The highest BCUT2D eigenvalue weighted by Crippen LogP contribution is 2.25. The van der Waals surface area contributed by atoms with E-state index in [2.05, 4.69) is 0 Å². The van der Waals surface area contributed by atoms with E-state index in [9.17, 15) is 5.11 Å². The van der Waals surface area contributed by atoms with E-state index in [0.717, 1.165) is 0 Å². The van der Waals surface area contributed by atoms with Crippen LogP contribution in [0.1, 0.15) is 0 Å². The fourth-order valence-electron chi connectivity index (χ4n) is 0.969. The van der Waals surface area contributed by atoms with E-state index in [1.807, 2.05) is 12.1 Å². The fraction of sp³-hybridized carbons (Fsp3) is 0.400. The lowest BCUT2D eigenvalue weighted by Crippen LogP contribution is -2.19. The van der Waals surface area contributed by atoms with Crippen molar-refractivity contribution in [3.63, 3.8) is 0 Å². The maximum Gasteiger partial charge on any atom is 0.161 e. The maximum absolute atomic E-state index is 9.19. The Morgan fingerprint density at radius 2 is 2.00 bits per heavy atom. The highest BCUT2D eigenvalue weighted by molar-refractivity contribution is 6.18. The average Bonchev–Trinajstić information content (AvgIpc) is 2.26. The van der Waals surface area contributed by atoms with Crippen molar-refractivity contribution in [3.05, 3.63) is 24.3 Å². The fourth-order valence-corrected chi connectivity index (χ4v) is 1.06. The van der Waals surface area contributed by atoms with E-state index in [-0.39, 0.29) is 12.5 Å². The molecule has 0 bridgehead atoms. The van der Waals surface area contributed by atoms with Crippen molar-refractivity contribution in [2.45, 2.75) is 6.10 Å². The van der Waals surface area contributed by atoms with Gasteiger partial charge in [-0.05, 0) is 12.1 Å². The van der Waals surface area contributed by atoms with Crippen molar-refractivity contribution in [1.29, 1.82) is 0 Å². The van der Waals surface area contributed by atoms with Crippen LogP contribution in [0.4, 0.5) is 0 Å². The smallest absolute Gasteiger partial charge is 0.161 e. The SMILES string of the molecule is COc1ccccc1OC[C@H](O)CCl. The van der Waals surface area contributed by atoms with E-state index >= 15 is 0 Å². The van der Waals surface area contributed by atoms with E-state index in [1.54, 1.807) is 19.2 Å². The van der Waals surface area contributed by atoms with Gasteiger partial charge < -0.3 is 14.6 Å². The van der Waals surface area contributed by atoms with Gasteiger partial charge in [-0.2, -0.15) is 0 Å². The van der Waals surface area contributed by atoms with Gasteiger partial charge in [-0.25, -0.2) is 0 Å². The summed E-state index contributed by atoms with van der Waals surface area (Å²) in [5, 5.41) is 9.19. The number of ether oxygens (including phenoxy) is 2. The van der Waals surface area contributed by atoms with Gasteiger partial charge in [-0.1, -0.05) is 12.1 Å². The van der Waals surface area contributed by atoms with Gasteiger partial charge in [0.15, 0.2) is 11.5 Å². The molecule has 1 aromatic carbocycles. The molecule has 0 aliphatic rings. The summed E-state index contributed by atoms with van der Waals surface area (Å²) in [6.07, 6.45) is -0.651. The molecular formula is C10H13ClO3. The molecule has 0 unspecified atom stereocenters. The largest absolute Gasteiger partial charge is 0.493 e. The predicted octanol–water partition coefficient (Wildman–Crippen LogP) is 1.67. The second kappa shape index (κ2) is 5.73. The zero-order valence-electron chi connectivity index (χ0n) is 7.94. The molecule has 0 fully saturated rings. The summed E-state index contributed by atoms with van der Waals surface area (Å²) in [4.78, 5) is 0. The zero-order chi connectivity index (χ0) is 10.4. The van der Waals surface area contributed by atoms with Crippen LogP contribution in [0.2, 0.25) is 0 Å². The number of para-hydroxylation sites is 2. The monoisotopic (exact) mass is 216 g/mol. The maximum atomic E-state index is 9.19. The highest BCUT2D eigenvalue weighted by Gasteiger charge is 2.06. The van der Waals surface area contributed by atoms with E-state index in [1.165, 1.54) is 0 Å². The van der Waals surface area contributed by atoms with Crippen molar-refractivity contribution >= 4 is 11.6 Å². The third-order valence-corrected chi connectivity index (χ3v) is 2.03. The minimum absolute atomic E-state index is 0.162. The number of aliphatic hydroxyl groups is 1. The molecule has 0 aliphatic heterocycles. The van der Waals surface area contributed by atoms with Gasteiger partial charge in [0.1, 0.15) is 12.7 Å². The van der Waals surface area contributed by atoms with Crippen LogP contribution in [0.3, 0.4) is 0 Å². The minimum Gasteiger partial charge on any atom is -0.493 e. The number of methoxy groups -OCH3 is 1. The number of hydrogen-bond acceptors (Lipinski definition) is 3. The van der Waals surface area contributed by atoms with Crippen molar-refractivity contribution in [1.82, 2.24) is 0 Å². The van der Waals surface area contributed by atoms with Crippen molar-refractivity contribution in [2.24, 2.45) is 0 Å². The Kier molecular flexibility index (Phi) is 4.56. The van der Waals surface area contributed by atoms with Gasteiger partial charge in [0.05, 0.1) is 13.0 Å². The summed E-state index contributed by atoms with van der Waals surface area (Å²) in [6, 6.07) is 7.26. The quantitative estimate of drug-likeness (QED) is 0.762. The lowest BCUT2D eigenvalue weighted by atomic mass is 10.3. The first-order chi connectivity index (χ1) is 6.77. The molecule has 3 nitrogen and oxygen atoms in total. The van der Waals surface area contributed by atoms with Gasteiger partial charge in [-0.15, -0.1) is 11.6 Å². The third-order valence-electron chi connectivity index (χ3n) is 1.68. The van der Waals surface area contributed by atoms with Crippen LogP contribution in [0.25, 0.3) is 0 Å². The Morgan fingerprint density at radius 1 is 1.36 bits per heavy atom. The molecule has 0 amide bonds. The molecule has 1 rings (SSSR count). The number of rotatable bonds is 5. The molecule has 78 valence electrons. The number of hydrogen-bond donors (Lipinski definition) is 1. The van der Waals surface area contributed by atoms with E-state index in [0.29, 0.717) is 11.5 Å². The van der Waals surface area contributed by atoms with Crippen molar-refractivity contribution in [2.75, 3.05) is 19.6 Å². The molecule has 0 spiro atoms. The first-order valence-corrected chi connectivity index (χ1v) is 4.81. The van der Waals surface area contributed by atoms with Gasteiger partial charge in [0.25, 0.3) is 0 Å². The topological polar surface area (TPSA) is 38.7 Å². The Morgan fingerprint density at radius 3 is 2.57 bits per heavy atom. The molecule has 0 saturated carbocycles. The summed E-state index contributed by atoms with van der Waals surface area (Å²) in [5.74, 6) is 1.42. The Balaban J connectivity index is 2.57. The van der Waals surface area contributed by atoms with Crippen LogP contribution >= 0.6 is 11.6 Å². The highest BCUT2D eigenvalue weighted by atomic mass is 35.5. The third kappa shape index (κ3) is 3.09. The molecule has 1 atom stereocenters. The average molecular weight is 217 g/mol. The summed E-state index contributed by atoms with van der Waals surface area (Å²) < 4.78 is 10.4.